The molecule has 9 nitrogen and oxygen atoms in total. The summed E-state index contributed by atoms with van der Waals surface area (Å²) in [6, 6.07) is 14.6. The van der Waals surface area contributed by atoms with Gasteiger partial charge in [0.25, 0.3) is 5.82 Å². The van der Waals surface area contributed by atoms with Gasteiger partial charge in [-0.15, -0.1) is 5.10 Å². The van der Waals surface area contributed by atoms with Crippen LogP contribution in [-0.2, 0) is 22.5 Å². The Kier molecular flexibility index (Phi) is 6.74. The van der Waals surface area contributed by atoms with Crippen LogP contribution in [0.2, 0.25) is 5.02 Å². The smallest absolute Gasteiger partial charge is 0.375 e. The van der Waals surface area contributed by atoms with Crippen LogP contribution in [0.4, 0.5) is 0 Å². The first kappa shape index (κ1) is 23.2. The van der Waals surface area contributed by atoms with Crippen LogP contribution in [0.15, 0.2) is 59.4 Å². The van der Waals surface area contributed by atoms with E-state index in [4.69, 9.17) is 26.0 Å². The molecule has 0 amide bonds. The van der Waals surface area contributed by atoms with Crippen LogP contribution in [0, 0.1) is 6.92 Å². The van der Waals surface area contributed by atoms with E-state index in [2.05, 4.69) is 15.2 Å². The van der Waals surface area contributed by atoms with Crippen molar-refractivity contribution in [1.29, 1.82) is 0 Å². The highest BCUT2D eigenvalue weighted by Crippen LogP contribution is 2.29. The van der Waals surface area contributed by atoms with Gasteiger partial charge in [-0.1, -0.05) is 59.2 Å². The number of halogens is 1. The number of carboxylic acid groups (broad SMARTS) is 1. The van der Waals surface area contributed by atoms with Gasteiger partial charge in [0.1, 0.15) is 12.4 Å². The quantitative estimate of drug-likeness (QED) is 0.366. The molecular weight excluding hydrogens is 460 g/mol. The van der Waals surface area contributed by atoms with Gasteiger partial charge in [-0.2, -0.15) is 0 Å². The summed E-state index contributed by atoms with van der Waals surface area (Å²) < 4.78 is 12.5. The fourth-order valence-electron chi connectivity index (χ4n) is 3.49. The Bertz CT molecular complexity index is 1330. The monoisotopic (exact) mass is 480 g/mol. The molecule has 1 unspecified atom stereocenters. The van der Waals surface area contributed by atoms with Crippen LogP contribution in [0.25, 0.3) is 11.3 Å². The van der Waals surface area contributed by atoms with Crippen molar-refractivity contribution in [3.8, 4) is 11.3 Å². The second-order valence-corrected chi connectivity index (χ2v) is 8.08. The molecule has 0 spiro atoms. The summed E-state index contributed by atoms with van der Waals surface area (Å²) in [4.78, 5) is 27.3. The summed E-state index contributed by atoms with van der Waals surface area (Å²) in [6.45, 7) is 3.90. The van der Waals surface area contributed by atoms with Crippen molar-refractivity contribution in [2.75, 3.05) is 0 Å². The SMILES string of the molecule is Cc1noc(-c2ccc(Cn3cnc(C(=O)O)n3)cc2)c1CC(=O)OC(C)c1ccccc1Cl. The molecule has 4 rings (SSSR count). The lowest BCUT2D eigenvalue weighted by Crippen LogP contribution is -2.12. The largest absolute Gasteiger partial charge is 0.475 e. The van der Waals surface area contributed by atoms with Crippen molar-refractivity contribution in [2.24, 2.45) is 0 Å². The Labute approximate surface area is 199 Å². The first-order valence-electron chi connectivity index (χ1n) is 10.4. The van der Waals surface area contributed by atoms with E-state index in [9.17, 15) is 9.59 Å². The van der Waals surface area contributed by atoms with Gasteiger partial charge in [-0.05, 0) is 25.5 Å². The molecule has 1 atom stereocenters. The zero-order valence-corrected chi connectivity index (χ0v) is 19.2. The second-order valence-electron chi connectivity index (χ2n) is 7.67. The molecule has 174 valence electrons. The Morgan fingerprint density at radius 1 is 1.18 bits per heavy atom. The number of aromatic carboxylic acids is 1. The summed E-state index contributed by atoms with van der Waals surface area (Å²) >= 11 is 6.20. The van der Waals surface area contributed by atoms with Gasteiger partial charge in [0, 0.05) is 21.7 Å². The lowest BCUT2D eigenvalue weighted by atomic mass is 10.0. The van der Waals surface area contributed by atoms with Crippen molar-refractivity contribution in [3.63, 3.8) is 0 Å². The summed E-state index contributed by atoms with van der Waals surface area (Å²) in [6.07, 6.45) is 0.866. The zero-order valence-electron chi connectivity index (χ0n) is 18.4. The van der Waals surface area contributed by atoms with Crippen molar-refractivity contribution in [2.45, 2.75) is 32.9 Å². The maximum Gasteiger partial charge on any atom is 0.375 e. The molecule has 2 aromatic heterocycles. The van der Waals surface area contributed by atoms with Gasteiger partial charge in [0.15, 0.2) is 5.76 Å². The fraction of sp³-hybridized carbons (Fsp3) is 0.208. The molecule has 0 aliphatic heterocycles. The Morgan fingerprint density at radius 2 is 1.91 bits per heavy atom. The van der Waals surface area contributed by atoms with Gasteiger partial charge in [-0.3, -0.25) is 4.79 Å². The highest BCUT2D eigenvalue weighted by atomic mass is 35.5. The molecular formula is C24H21ClN4O5. The number of esters is 1. The van der Waals surface area contributed by atoms with E-state index >= 15 is 0 Å². The third-order valence-corrected chi connectivity index (χ3v) is 5.59. The van der Waals surface area contributed by atoms with Crippen LogP contribution in [0.1, 0.15) is 46.0 Å². The number of hydrogen-bond acceptors (Lipinski definition) is 7. The number of ether oxygens (including phenoxy) is 1. The molecule has 0 saturated carbocycles. The molecule has 0 fully saturated rings. The second kappa shape index (κ2) is 9.88. The molecule has 4 aromatic rings. The van der Waals surface area contributed by atoms with Crippen LogP contribution >= 0.6 is 11.6 Å². The summed E-state index contributed by atoms with van der Waals surface area (Å²) in [7, 11) is 0. The van der Waals surface area contributed by atoms with E-state index in [0.717, 1.165) is 16.7 Å². The van der Waals surface area contributed by atoms with E-state index in [1.807, 2.05) is 42.5 Å². The van der Waals surface area contributed by atoms with Crippen molar-refractivity contribution < 1.29 is 24.0 Å². The molecule has 10 heteroatoms. The van der Waals surface area contributed by atoms with Gasteiger partial charge >= 0.3 is 11.9 Å². The van der Waals surface area contributed by atoms with Crippen LogP contribution < -0.4 is 0 Å². The number of carbonyl (C=O) groups excluding carboxylic acids is 1. The van der Waals surface area contributed by atoms with E-state index < -0.39 is 18.0 Å². The van der Waals surface area contributed by atoms with Gasteiger partial charge in [-0.25, -0.2) is 14.5 Å². The Hall–Kier alpha value is -3.98. The minimum Gasteiger partial charge on any atom is -0.475 e. The number of aromatic nitrogens is 4. The number of benzene rings is 2. The predicted octanol–water partition coefficient (Wildman–Crippen LogP) is 4.49. The lowest BCUT2D eigenvalue weighted by Gasteiger charge is -2.15. The van der Waals surface area contributed by atoms with Crippen molar-refractivity contribution >= 4 is 23.5 Å². The highest BCUT2D eigenvalue weighted by molar-refractivity contribution is 6.31. The maximum absolute atomic E-state index is 12.7. The molecule has 0 aliphatic carbocycles. The molecule has 34 heavy (non-hydrogen) atoms. The number of carbonyl (C=O) groups is 2. The van der Waals surface area contributed by atoms with Crippen LogP contribution in [0.5, 0.6) is 0 Å². The molecule has 0 radical (unpaired) electrons. The summed E-state index contributed by atoms with van der Waals surface area (Å²) in [5.41, 5.74) is 3.61. The first-order valence-corrected chi connectivity index (χ1v) is 10.8. The topological polar surface area (TPSA) is 120 Å². The third kappa shape index (κ3) is 5.15. The van der Waals surface area contributed by atoms with E-state index in [1.54, 1.807) is 19.9 Å². The van der Waals surface area contributed by atoms with Crippen molar-refractivity contribution in [3.05, 3.63) is 88.1 Å². The highest BCUT2D eigenvalue weighted by Gasteiger charge is 2.21. The fourth-order valence-corrected chi connectivity index (χ4v) is 3.78. The van der Waals surface area contributed by atoms with Crippen LogP contribution in [0.3, 0.4) is 0 Å². The maximum atomic E-state index is 12.7. The molecule has 2 aromatic carbocycles. The molecule has 0 aliphatic rings. The summed E-state index contributed by atoms with van der Waals surface area (Å²) in [5, 5.41) is 17.4. The lowest BCUT2D eigenvalue weighted by molar-refractivity contribution is -0.147. The first-order chi connectivity index (χ1) is 16.3. The predicted molar refractivity (Wildman–Crippen MR) is 122 cm³/mol. The zero-order chi connectivity index (χ0) is 24.2. The van der Waals surface area contributed by atoms with Crippen molar-refractivity contribution in [1.82, 2.24) is 19.9 Å². The molecule has 0 saturated heterocycles. The number of carboxylic acids is 1. The van der Waals surface area contributed by atoms with E-state index in [1.165, 1.54) is 11.0 Å². The van der Waals surface area contributed by atoms with E-state index in [0.29, 0.717) is 28.6 Å². The average molecular weight is 481 g/mol. The number of rotatable bonds is 8. The van der Waals surface area contributed by atoms with E-state index in [-0.39, 0.29) is 12.2 Å². The normalized spacial score (nSPS) is 11.9. The van der Waals surface area contributed by atoms with Gasteiger partial charge in [0.2, 0.25) is 0 Å². The number of hydrogen-bond donors (Lipinski definition) is 1. The molecule has 0 bridgehead atoms. The minimum absolute atomic E-state index is 0.00185. The third-order valence-electron chi connectivity index (χ3n) is 5.25. The van der Waals surface area contributed by atoms with Gasteiger partial charge < -0.3 is 14.4 Å². The Balaban J connectivity index is 1.46. The molecule has 1 N–H and O–H groups in total. The summed E-state index contributed by atoms with van der Waals surface area (Å²) in [5.74, 6) is -1.37. The number of nitrogens with zero attached hydrogens (tertiary/aromatic N) is 4. The molecule has 2 heterocycles. The Morgan fingerprint density at radius 3 is 2.59 bits per heavy atom. The van der Waals surface area contributed by atoms with Gasteiger partial charge in [0.05, 0.1) is 18.7 Å². The number of aryl methyl sites for hydroxylation is 1. The standard InChI is InChI=1S/C24H21ClN4O5/c1-14-19(11-21(30)33-15(2)18-5-3-4-6-20(18)25)22(34-28-14)17-9-7-16(8-10-17)12-29-13-26-23(27-29)24(31)32/h3-10,13,15H,11-12H2,1-2H3,(H,31,32). The average Bonchev–Trinajstić information content (AvgIpc) is 3.42. The van der Waals surface area contributed by atoms with Crippen LogP contribution in [-0.4, -0.2) is 37.0 Å². The minimum atomic E-state index is -1.18.